The fourth-order valence-corrected chi connectivity index (χ4v) is 2.90. The van der Waals surface area contributed by atoms with Crippen molar-refractivity contribution in [2.75, 3.05) is 0 Å². The zero-order valence-electron chi connectivity index (χ0n) is 10.2. The molecule has 2 rings (SSSR count). The van der Waals surface area contributed by atoms with Crippen molar-refractivity contribution in [2.45, 2.75) is 51.1 Å². The Morgan fingerprint density at radius 2 is 2.00 bits per heavy atom. The first-order chi connectivity index (χ1) is 8.09. The molecule has 1 aromatic carbocycles. The van der Waals surface area contributed by atoms with Gasteiger partial charge in [-0.3, -0.25) is 0 Å². The Morgan fingerprint density at radius 1 is 1.29 bits per heavy atom. The standard InChI is InChI=1S/C14H19BrFN/c1-14(7-3-2-4-8-14)17-10-11-9-12(15)5-6-13(11)16/h5-6,9,17H,2-4,7-8,10H2,1H3. The van der Waals surface area contributed by atoms with Crippen molar-refractivity contribution in [1.29, 1.82) is 0 Å². The number of nitrogens with one attached hydrogen (secondary N) is 1. The molecule has 94 valence electrons. The average Bonchev–Trinajstić information content (AvgIpc) is 2.31. The van der Waals surface area contributed by atoms with E-state index in [1.807, 2.05) is 6.07 Å². The third kappa shape index (κ3) is 3.52. The monoisotopic (exact) mass is 299 g/mol. The minimum atomic E-state index is -0.125. The first-order valence-corrected chi connectivity index (χ1v) is 7.07. The van der Waals surface area contributed by atoms with Gasteiger partial charge in [0.15, 0.2) is 0 Å². The maximum Gasteiger partial charge on any atom is 0.127 e. The van der Waals surface area contributed by atoms with Gasteiger partial charge in [0.1, 0.15) is 5.82 Å². The van der Waals surface area contributed by atoms with Crippen LogP contribution < -0.4 is 5.32 Å². The molecule has 0 radical (unpaired) electrons. The number of hydrogen-bond donors (Lipinski definition) is 1. The molecule has 0 bridgehead atoms. The highest BCUT2D eigenvalue weighted by molar-refractivity contribution is 9.10. The van der Waals surface area contributed by atoms with Gasteiger partial charge in [-0.15, -0.1) is 0 Å². The quantitative estimate of drug-likeness (QED) is 0.872. The molecule has 0 spiro atoms. The molecule has 1 N–H and O–H groups in total. The molecule has 3 heteroatoms. The van der Waals surface area contributed by atoms with E-state index in [9.17, 15) is 4.39 Å². The molecule has 1 saturated carbocycles. The molecule has 1 aromatic rings. The van der Waals surface area contributed by atoms with Gasteiger partial charge in [0, 0.05) is 22.1 Å². The van der Waals surface area contributed by atoms with Gasteiger partial charge >= 0.3 is 0 Å². The Morgan fingerprint density at radius 3 is 2.71 bits per heavy atom. The van der Waals surface area contributed by atoms with E-state index in [0.717, 1.165) is 10.0 Å². The maximum atomic E-state index is 13.6. The van der Waals surface area contributed by atoms with Crippen molar-refractivity contribution in [3.63, 3.8) is 0 Å². The van der Waals surface area contributed by atoms with Crippen LogP contribution >= 0.6 is 15.9 Å². The number of halogens is 2. The summed E-state index contributed by atoms with van der Waals surface area (Å²) in [7, 11) is 0. The van der Waals surface area contributed by atoms with Gasteiger partial charge in [0.05, 0.1) is 0 Å². The summed E-state index contributed by atoms with van der Waals surface area (Å²) in [5, 5.41) is 3.52. The summed E-state index contributed by atoms with van der Waals surface area (Å²) in [5.74, 6) is -0.125. The van der Waals surface area contributed by atoms with E-state index < -0.39 is 0 Å². The Kier molecular flexibility index (Phi) is 4.21. The lowest BCUT2D eigenvalue weighted by Gasteiger charge is -2.35. The second-order valence-electron chi connectivity index (χ2n) is 5.21. The zero-order chi connectivity index (χ0) is 12.3. The van der Waals surface area contributed by atoms with Gasteiger partial charge in [-0.05, 0) is 38.0 Å². The van der Waals surface area contributed by atoms with Crippen molar-refractivity contribution in [3.8, 4) is 0 Å². The fourth-order valence-electron chi connectivity index (χ4n) is 2.50. The summed E-state index contributed by atoms with van der Waals surface area (Å²) in [6.07, 6.45) is 6.29. The van der Waals surface area contributed by atoms with Gasteiger partial charge in [-0.1, -0.05) is 35.2 Å². The van der Waals surface area contributed by atoms with Gasteiger partial charge in [-0.25, -0.2) is 4.39 Å². The minimum Gasteiger partial charge on any atom is -0.307 e. The topological polar surface area (TPSA) is 12.0 Å². The Hall–Kier alpha value is -0.410. The van der Waals surface area contributed by atoms with E-state index in [1.54, 1.807) is 6.07 Å². The van der Waals surface area contributed by atoms with Crippen molar-refractivity contribution >= 4 is 15.9 Å². The molecule has 1 aliphatic rings. The van der Waals surface area contributed by atoms with Crippen molar-refractivity contribution in [1.82, 2.24) is 5.32 Å². The lowest BCUT2D eigenvalue weighted by molar-refractivity contribution is 0.251. The molecular weight excluding hydrogens is 281 g/mol. The smallest absolute Gasteiger partial charge is 0.127 e. The van der Waals surface area contributed by atoms with E-state index in [1.165, 1.54) is 38.2 Å². The predicted molar refractivity (Wildman–Crippen MR) is 72.4 cm³/mol. The van der Waals surface area contributed by atoms with E-state index in [2.05, 4.69) is 28.2 Å². The molecule has 1 aliphatic carbocycles. The molecule has 0 heterocycles. The lowest BCUT2D eigenvalue weighted by atomic mass is 9.83. The predicted octanol–water partition coefficient (Wildman–Crippen LogP) is 4.40. The van der Waals surface area contributed by atoms with E-state index in [4.69, 9.17) is 0 Å². The highest BCUT2D eigenvalue weighted by Crippen LogP contribution is 2.28. The van der Waals surface area contributed by atoms with Crippen LogP contribution in [0.25, 0.3) is 0 Å². The van der Waals surface area contributed by atoms with Crippen molar-refractivity contribution < 1.29 is 4.39 Å². The summed E-state index contributed by atoms with van der Waals surface area (Å²) >= 11 is 3.38. The normalized spacial score (nSPS) is 19.2. The highest BCUT2D eigenvalue weighted by atomic mass is 79.9. The maximum absolute atomic E-state index is 13.6. The Balaban J connectivity index is 1.99. The molecule has 17 heavy (non-hydrogen) atoms. The molecule has 0 amide bonds. The van der Waals surface area contributed by atoms with Crippen molar-refractivity contribution in [2.24, 2.45) is 0 Å². The minimum absolute atomic E-state index is 0.125. The second kappa shape index (κ2) is 5.49. The SMILES string of the molecule is CC1(NCc2cc(Br)ccc2F)CCCCC1. The van der Waals surface area contributed by atoms with Crippen LogP contribution in [-0.2, 0) is 6.54 Å². The molecule has 0 unspecified atom stereocenters. The van der Waals surface area contributed by atoms with Gasteiger partial charge in [0.25, 0.3) is 0 Å². The average molecular weight is 300 g/mol. The van der Waals surface area contributed by atoms with Crippen LogP contribution in [0.5, 0.6) is 0 Å². The van der Waals surface area contributed by atoms with Crippen LogP contribution in [0.4, 0.5) is 4.39 Å². The molecule has 1 fully saturated rings. The van der Waals surface area contributed by atoms with Crippen molar-refractivity contribution in [3.05, 3.63) is 34.1 Å². The first-order valence-electron chi connectivity index (χ1n) is 6.28. The third-order valence-electron chi connectivity index (χ3n) is 3.67. The van der Waals surface area contributed by atoms with Gasteiger partial charge < -0.3 is 5.32 Å². The molecule has 0 saturated heterocycles. The highest BCUT2D eigenvalue weighted by Gasteiger charge is 2.25. The molecular formula is C14H19BrFN. The van der Waals surface area contributed by atoms with Gasteiger partial charge in [0.2, 0.25) is 0 Å². The zero-order valence-corrected chi connectivity index (χ0v) is 11.8. The summed E-state index contributed by atoms with van der Waals surface area (Å²) in [4.78, 5) is 0. The Bertz CT molecular complexity index is 386. The van der Waals surface area contributed by atoms with Crippen LogP contribution in [0.15, 0.2) is 22.7 Å². The Labute approximate surface area is 111 Å². The van der Waals surface area contributed by atoms with E-state index in [0.29, 0.717) is 6.54 Å². The van der Waals surface area contributed by atoms with Crippen LogP contribution in [0, 0.1) is 5.82 Å². The third-order valence-corrected chi connectivity index (χ3v) is 4.16. The molecule has 0 atom stereocenters. The fraction of sp³-hybridized carbons (Fsp3) is 0.571. The van der Waals surface area contributed by atoms with Crippen LogP contribution in [0.3, 0.4) is 0 Å². The van der Waals surface area contributed by atoms with Crippen LogP contribution in [0.2, 0.25) is 0 Å². The summed E-state index contributed by atoms with van der Waals surface area (Å²) in [5.41, 5.74) is 0.929. The second-order valence-corrected chi connectivity index (χ2v) is 6.13. The summed E-state index contributed by atoms with van der Waals surface area (Å²) in [6.45, 7) is 2.86. The lowest BCUT2D eigenvalue weighted by Crippen LogP contribution is -2.43. The summed E-state index contributed by atoms with van der Waals surface area (Å²) in [6, 6.07) is 5.11. The first kappa shape index (κ1) is 13.0. The molecule has 0 aliphatic heterocycles. The summed E-state index contributed by atoms with van der Waals surface area (Å²) < 4.78 is 14.5. The van der Waals surface area contributed by atoms with E-state index >= 15 is 0 Å². The largest absolute Gasteiger partial charge is 0.307 e. The number of hydrogen-bond acceptors (Lipinski definition) is 1. The van der Waals surface area contributed by atoms with Gasteiger partial charge in [-0.2, -0.15) is 0 Å². The number of rotatable bonds is 3. The van der Waals surface area contributed by atoms with Crippen LogP contribution in [-0.4, -0.2) is 5.54 Å². The van der Waals surface area contributed by atoms with E-state index in [-0.39, 0.29) is 11.4 Å². The molecule has 0 aromatic heterocycles. The van der Waals surface area contributed by atoms with Crippen LogP contribution in [0.1, 0.15) is 44.6 Å². The molecule has 1 nitrogen and oxygen atoms in total. The number of benzene rings is 1.